The summed E-state index contributed by atoms with van der Waals surface area (Å²) >= 11 is 0. The van der Waals surface area contributed by atoms with Crippen LogP contribution in [0, 0.1) is 0 Å². The third-order valence-electron chi connectivity index (χ3n) is 1.93. The van der Waals surface area contributed by atoms with Gasteiger partial charge < -0.3 is 5.01 Å². The van der Waals surface area contributed by atoms with Gasteiger partial charge in [-0.05, 0) is 6.07 Å². The molecule has 5 nitrogen and oxygen atoms in total. The van der Waals surface area contributed by atoms with Crippen molar-refractivity contribution in [3.8, 4) is 0 Å². The Morgan fingerprint density at radius 3 is 2.86 bits per heavy atom. The molecular formula is C9H10N4O. The zero-order valence-corrected chi connectivity index (χ0v) is 8.01. The van der Waals surface area contributed by atoms with Crippen molar-refractivity contribution in [1.29, 1.82) is 0 Å². The van der Waals surface area contributed by atoms with Crippen molar-refractivity contribution in [1.82, 2.24) is 14.6 Å². The molecule has 0 atom stereocenters. The van der Waals surface area contributed by atoms with E-state index in [1.165, 1.54) is 17.1 Å². The SMILES string of the molecule is CN(C)n1c(=O)ccc2cncnc21. The highest BCUT2D eigenvalue weighted by Gasteiger charge is 2.04. The predicted molar refractivity (Wildman–Crippen MR) is 53.9 cm³/mol. The lowest BCUT2D eigenvalue weighted by molar-refractivity contribution is 0.719. The van der Waals surface area contributed by atoms with Gasteiger partial charge in [0.15, 0.2) is 5.65 Å². The molecule has 0 bridgehead atoms. The summed E-state index contributed by atoms with van der Waals surface area (Å²) in [7, 11) is 3.59. The summed E-state index contributed by atoms with van der Waals surface area (Å²) in [5.74, 6) is 0. The first-order chi connectivity index (χ1) is 6.70. The van der Waals surface area contributed by atoms with Crippen LogP contribution in [0.3, 0.4) is 0 Å². The number of nitrogens with zero attached hydrogens (tertiary/aromatic N) is 4. The topological polar surface area (TPSA) is 51.0 Å². The summed E-state index contributed by atoms with van der Waals surface area (Å²) in [6.07, 6.45) is 3.11. The first kappa shape index (κ1) is 8.68. The Balaban J connectivity index is 2.90. The summed E-state index contributed by atoms with van der Waals surface area (Å²) in [6, 6.07) is 3.23. The van der Waals surface area contributed by atoms with Crippen LogP contribution in [0.4, 0.5) is 0 Å². The van der Waals surface area contributed by atoms with E-state index in [2.05, 4.69) is 9.97 Å². The van der Waals surface area contributed by atoms with E-state index >= 15 is 0 Å². The summed E-state index contributed by atoms with van der Waals surface area (Å²) in [6.45, 7) is 0. The number of fused-ring (bicyclic) bond motifs is 1. The summed E-state index contributed by atoms with van der Waals surface area (Å²) in [4.78, 5) is 19.5. The monoisotopic (exact) mass is 190 g/mol. The van der Waals surface area contributed by atoms with E-state index in [1.54, 1.807) is 31.4 Å². The van der Waals surface area contributed by atoms with Gasteiger partial charge in [0.2, 0.25) is 0 Å². The van der Waals surface area contributed by atoms with Gasteiger partial charge >= 0.3 is 0 Å². The van der Waals surface area contributed by atoms with Crippen molar-refractivity contribution in [2.24, 2.45) is 0 Å². The van der Waals surface area contributed by atoms with Crippen LogP contribution in [0.25, 0.3) is 11.0 Å². The van der Waals surface area contributed by atoms with Crippen LogP contribution in [0.15, 0.2) is 29.5 Å². The second-order valence-corrected chi connectivity index (χ2v) is 3.13. The van der Waals surface area contributed by atoms with Crippen LogP contribution in [0.1, 0.15) is 0 Å². The fourth-order valence-electron chi connectivity index (χ4n) is 1.35. The Morgan fingerprint density at radius 2 is 2.14 bits per heavy atom. The normalized spacial score (nSPS) is 10.4. The summed E-state index contributed by atoms with van der Waals surface area (Å²) in [5.41, 5.74) is 0.527. The molecule has 0 fully saturated rings. The third-order valence-corrected chi connectivity index (χ3v) is 1.93. The van der Waals surface area contributed by atoms with Crippen LogP contribution in [0.2, 0.25) is 0 Å². The van der Waals surface area contributed by atoms with Crippen LogP contribution < -0.4 is 10.6 Å². The molecule has 0 aliphatic carbocycles. The van der Waals surface area contributed by atoms with E-state index in [1.807, 2.05) is 0 Å². The minimum atomic E-state index is -0.0961. The maximum Gasteiger partial charge on any atom is 0.270 e. The zero-order valence-electron chi connectivity index (χ0n) is 8.01. The van der Waals surface area contributed by atoms with Crippen molar-refractivity contribution < 1.29 is 0 Å². The first-order valence-corrected chi connectivity index (χ1v) is 4.19. The Labute approximate surface area is 80.6 Å². The average molecular weight is 190 g/mol. The maximum absolute atomic E-state index is 11.5. The highest BCUT2D eigenvalue weighted by molar-refractivity contribution is 5.73. The number of pyridine rings is 1. The van der Waals surface area contributed by atoms with E-state index < -0.39 is 0 Å². The van der Waals surface area contributed by atoms with E-state index in [0.29, 0.717) is 5.65 Å². The second-order valence-electron chi connectivity index (χ2n) is 3.13. The molecule has 0 saturated carbocycles. The molecule has 2 rings (SSSR count). The van der Waals surface area contributed by atoms with Crippen LogP contribution in [-0.4, -0.2) is 28.7 Å². The summed E-state index contributed by atoms with van der Waals surface area (Å²) < 4.78 is 1.50. The number of aromatic nitrogens is 3. The Kier molecular flexibility index (Phi) is 1.92. The smallest absolute Gasteiger partial charge is 0.270 e. The van der Waals surface area contributed by atoms with Gasteiger partial charge in [-0.15, -0.1) is 0 Å². The van der Waals surface area contributed by atoms with E-state index in [-0.39, 0.29) is 5.56 Å². The molecule has 0 unspecified atom stereocenters. The van der Waals surface area contributed by atoms with Gasteiger partial charge in [0.1, 0.15) is 6.33 Å². The number of hydrogen-bond acceptors (Lipinski definition) is 4. The lowest BCUT2D eigenvalue weighted by Crippen LogP contribution is -2.36. The van der Waals surface area contributed by atoms with E-state index in [0.717, 1.165) is 5.39 Å². The standard InChI is InChI=1S/C9H10N4O/c1-12(2)13-8(14)4-3-7-5-10-6-11-9(7)13/h3-6H,1-2H3. The molecule has 0 saturated heterocycles. The van der Waals surface area contributed by atoms with Crippen molar-refractivity contribution >= 4 is 11.0 Å². The molecule has 2 heterocycles. The average Bonchev–Trinajstić information content (AvgIpc) is 2.17. The van der Waals surface area contributed by atoms with Crippen LogP contribution in [-0.2, 0) is 0 Å². The highest BCUT2D eigenvalue weighted by atomic mass is 16.1. The van der Waals surface area contributed by atoms with Gasteiger partial charge in [-0.2, -0.15) is 0 Å². The molecule has 72 valence electrons. The minimum Gasteiger partial charge on any atom is -0.314 e. The van der Waals surface area contributed by atoms with Gasteiger partial charge in [-0.1, -0.05) is 0 Å². The molecule has 0 radical (unpaired) electrons. The lowest BCUT2D eigenvalue weighted by Gasteiger charge is -2.16. The van der Waals surface area contributed by atoms with Gasteiger partial charge in [-0.25, -0.2) is 14.6 Å². The molecule has 0 aliphatic rings. The summed E-state index contributed by atoms with van der Waals surface area (Å²) in [5, 5.41) is 2.54. The van der Waals surface area contributed by atoms with Gasteiger partial charge in [0.05, 0.1) is 0 Å². The Morgan fingerprint density at radius 1 is 1.36 bits per heavy atom. The van der Waals surface area contributed by atoms with Crippen LogP contribution in [0.5, 0.6) is 0 Å². The molecule has 0 aliphatic heterocycles. The molecule has 0 spiro atoms. The van der Waals surface area contributed by atoms with Crippen LogP contribution >= 0.6 is 0 Å². The quantitative estimate of drug-likeness (QED) is 0.634. The van der Waals surface area contributed by atoms with Crippen molar-refractivity contribution in [2.45, 2.75) is 0 Å². The Hall–Kier alpha value is -1.91. The highest BCUT2D eigenvalue weighted by Crippen LogP contribution is 2.05. The molecule has 0 N–H and O–H groups in total. The molecule has 2 aromatic heterocycles. The van der Waals surface area contributed by atoms with Crippen molar-refractivity contribution in [2.75, 3.05) is 19.1 Å². The van der Waals surface area contributed by atoms with E-state index in [4.69, 9.17) is 0 Å². The largest absolute Gasteiger partial charge is 0.314 e. The van der Waals surface area contributed by atoms with Gasteiger partial charge in [0.25, 0.3) is 5.56 Å². The van der Waals surface area contributed by atoms with E-state index in [9.17, 15) is 4.79 Å². The van der Waals surface area contributed by atoms with Gasteiger partial charge in [0, 0.05) is 31.7 Å². The zero-order chi connectivity index (χ0) is 10.1. The second kappa shape index (κ2) is 3.10. The minimum absolute atomic E-state index is 0.0961. The molecule has 0 amide bonds. The third kappa shape index (κ3) is 1.22. The molecular weight excluding hydrogens is 180 g/mol. The number of hydrogen-bond donors (Lipinski definition) is 0. The molecule has 0 aromatic carbocycles. The predicted octanol–water partition coefficient (Wildman–Crippen LogP) is -0.0109. The van der Waals surface area contributed by atoms with Crippen molar-refractivity contribution in [3.63, 3.8) is 0 Å². The van der Waals surface area contributed by atoms with Gasteiger partial charge in [-0.3, -0.25) is 4.79 Å². The first-order valence-electron chi connectivity index (χ1n) is 4.19. The molecule has 5 heteroatoms. The Bertz CT molecular complexity index is 517. The fraction of sp³-hybridized carbons (Fsp3) is 0.222. The number of rotatable bonds is 1. The molecule has 2 aromatic rings. The molecule has 14 heavy (non-hydrogen) atoms. The van der Waals surface area contributed by atoms with Crippen molar-refractivity contribution in [3.05, 3.63) is 35.0 Å². The lowest BCUT2D eigenvalue weighted by atomic mass is 10.3. The fourth-order valence-corrected chi connectivity index (χ4v) is 1.35. The maximum atomic E-state index is 11.5.